The fourth-order valence-corrected chi connectivity index (χ4v) is 6.06. The quantitative estimate of drug-likeness (QED) is 0.433. The molecule has 39 heavy (non-hydrogen) atoms. The molecule has 1 saturated carbocycles. The van der Waals surface area contributed by atoms with Crippen LogP contribution in [0, 0.1) is 17.2 Å². The Morgan fingerprint density at radius 3 is 2.36 bits per heavy atom. The summed E-state index contributed by atoms with van der Waals surface area (Å²) in [5, 5.41) is 3.08. The fourth-order valence-electron chi connectivity index (χ4n) is 6.06. The smallest absolute Gasteiger partial charge is 0.253 e. The SMILES string of the molecule is C[C@@H](NC(=O)c1cncc(OCC2COC2)c1)c1ccc(C(=C2CC3(C2)CN(C)C3)c2ccc(F)cc2)cc1. The number of rotatable bonds is 8. The Balaban J connectivity index is 1.15. The minimum Gasteiger partial charge on any atom is -0.491 e. The van der Waals surface area contributed by atoms with Gasteiger partial charge in [-0.3, -0.25) is 9.78 Å². The van der Waals surface area contributed by atoms with Crippen LogP contribution < -0.4 is 10.1 Å². The summed E-state index contributed by atoms with van der Waals surface area (Å²) in [5.74, 6) is 0.555. The second-order valence-corrected chi connectivity index (χ2v) is 11.5. The molecule has 3 aliphatic rings. The Morgan fingerprint density at radius 1 is 1.08 bits per heavy atom. The van der Waals surface area contributed by atoms with E-state index in [-0.39, 0.29) is 17.8 Å². The van der Waals surface area contributed by atoms with Gasteiger partial charge in [0.1, 0.15) is 11.6 Å². The summed E-state index contributed by atoms with van der Waals surface area (Å²) in [6.07, 6.45) is 5.35. The van der Waals surface area contributed by atoms with Gasteiger partial charge in [0, 0.05) is 30.6 Å². The van der Waals surface area contributed by atoms with Crippen molar-refractivity contribution >= 4 is 11.5 Å². The van der Waals surface area contributed by atoms with E-state index >= 15 is 0 Å². The summed E-state index contributed by atoms with van der Waals surface area (Å²) >= 11 is 0. The standard InChI is InChI=1S/C32H34FN3O3/c1-21(35-31(37)26-11-29(15-34-14-26)39-18-22-16-38-17-22)23-3-5-24(6-4-23)30(25-7-9-28(33)10-8-25)27-12-32(13-27)19-36(2)20-32/h3-11,14-15,21-22H,12-13,16-20H2,1-2H3,(H,35,37)/t21-/m1/s1. The third-order valence-electron chi connectivity index (χ3n) is 8.09. The highest BCUT2D eigenvalue weighted by molar-refractivity contribution is 5.94. The van der Waals surface area contributed by atoms with Crippen LogP contribution in [0.5, 0.6) is 5.75 Å². The number of likely N-dealkylation sites (tertiary alicyclic amines) is 1. The van der Waals surface area contributed by atoms with Gasteiger partial charge in [-0.15, -0.1) is 0 Å². The molecule has 0 unspecified atom stereocenters. The van der Waals surface area contributed by atoms with Crippen molar-refractivity contribution in [3.05, 3.63) is 101 Å². The lowest BCUT2D eigenvalue weighted by molar-refractivity contribution is -0.0509. The maximum Gasteiger partial charge on any atom is 0.253 e. The molecule has 0 bridgehead atoms. The molecule has 0 radical (unpaired) electrons. The summed E-state index contributed by atoms with van der Waals surface area (Å²) in [4.78, 5) is 19.5. The lowest BCUT2D eigenvalue weighted by atomic mass is 9.59. The van der Waals surface area contributed by atoms with Gasteiger partial charge in [0.25, 0.3) is 5.91 Å². The molecule has 1 atom stereocenters. The number of nitrogens with zero attached hydrogens (tertiary/aromatic N) is 2. The van der Waals surface area contributed by atoms with Crippen molar-refractivity contribution < 1.29 is 18.7 Å². The van der Waals surface area contributed by atoms with Crippen LogP contribution in [-0.2, 0) is 4.74 Å². The van der Waals surface area contributed by atoms with Gasteiger partial charge in [0.05, 0.1) is 37.6 Å². The molecule has 3 fully saturated rings. The van der Waals surface area contributed by atoms with Crippen molar-refractivity contribution in [2.45, 2.75) is 25.8 Å². The molecule has 1 amide bonds. The molecule has 1 N–H and O–H groups in total. The van der Waals surface area contributed by atoms with E-state index in [2.05, 4.69) is 46.5 Å². The topological polar surface area (TPSA) is 63.7 Å². The van der Waals surface area contributed by atoms with Gasteiger partial charge in [0.15, 0.2) is 0 Å². The molecular formula is C32H34FN3O3. The number of halogens is 1. The Kier molecular flexibility index (Phi) is 6.95. The fraction of sp³-hybridized carbons (Fsp3) is 0.375. The highest BCUT2D eigenvalue weighted by atomic mass is 19.1. The third-order valence-corrected chi connectivity index (χ3v) is 8.09. The Bertz CT molecular complexity index is 1370. The first-order valence-electron chi connectivity index (χ1n) is 13.6. The number of ether oxygens (including phenoxy) is 2. The third kappa shape index (κ3) is 5.47. The Morgan fingerprint density at radius 2 is 1.74 bits per heavy atom. The van der Waals surface area contributed by atoms with E-state index in [1.54, 1.807) is 18.5 Å². The molecule has 7 heteroatoms. The van der Waals surface area contributed by atoms with E-state index < -0.39 is 0 Å². The van der Waals surface area contributed by atoms with Gasteiger partial charge in [-0.2, -0.15) is 0 Å². The highest BCUT2D eigenvalue weighted by Gasteiger charge is 2.49. The van der Waals surface area contributed by atoms with Crippen molar-refractivity contribution in [3.8, 4) is 5.75 Å². The number of nitrogens with one attached hydrogen (secondary N) is 1. The van der Waals surface area contributed by atoms with Gasteiger partial charge in [-0.05, 0) is 67.3 Å². The van der Waals surface area contributed by atoms with Gasteiger partial charge in [-0.1, -0.05) is 42.0 Å². The molecule has 3 heterocycles. The number of aromatic nitrogens is 1. The number of carbonyl (C=O) groups excluding carboxylic acids is 1. The molecule has 6 nitrogen and oxygen atoms in total. The first-order valence-corrected chi connectivity index (χ1v) is 13.6. The lowest BCUT2D eigenvalue weighted by Gasteiger charge is -2.56. The zero-order valence-electron chi connectivity index (χ0n) is 22.5. The molecule has 202 valence electrons. The van der Waals surface area contributed by atoms with Gasteiger partial charge in [-0.25, -0.2) is 4.39 Å². The highest BCUT2D eigenvalue weighted by Crippen LogP contribution is 2.54. The minimum atomic E-state index is -0.228. The molecule has 1 aromatic heterocycles. The Labute approximate surface area is 228 Å². The Hall–Kier alpha value is -3.55. The van der Waals surface area contributed by atoms with Crippen LogP contribution in [0.25, 0.3) is 5.57 Å². The average Bonchev–Trinajstić information content (AvgIpc) is 2.87. The molecule has 6 rings (SSSR count). The summed E-state index contributed by atoms with van der Waals surface area (Å²) in [6, 6.07) is 16.7. The first kappa shape index (κ1) is 25.7. The number of allylic oxidation sites excluding steroid dienone is 1. The van der Waals surface area contributed by atoms with Gasteiger partial charge < -0.3 is 19.7 Å². The summed E-state index contributed by atoms with van der Waals surface area (Å²) < 4.78 is 24.6. The molecule has 3 aromatic rings. The van der Waals surface area contributed by atoms with Crippen molar-refractivity contribution in [3.63, 3.8) is 0 Å². The van der Waals surface area contributed by atoms with Crippen LogP contribution in [0.4, 0.5) is 4.39 Å². The predicted molar refractivity (Wildman–Crippen MR) is 148 cm³/mol. The van der Waals surface area contributed by atoms with Gasteiger partial charge >= 0.3 is 0 Å². The second-order valence-electron chi connectivity index (χ2n) is 11.5. The molecule has 2 aliphatic heterocycles. The zero-order valence-corrected chi connectivity index (χ0v) is 22.5. The molecule has 2 saturated heterocycles. The average molecular weight is 528 g/mol. The number of carbonyl (C=O) groups is 1. The van der Waals surface area contributed by atoms with E-state index in [1.165, 1.54) is 23.3 Å². The van der Waals surface area contributed by atoms with E-state index in [9.17, 15) is 9.18 Å². The molecule has 2 aromatic carbocycles. The van der Waals surface area contributed by atoms with Crippen LogP contribution in [0.2, 0.25) is 0 Å². The van der Waals surface area contributed by atoms with Crippen molar-refractivity contribution in [1.29, 1.82) is 0 Å². The lowest BCUT2D eigenvalue weighted by Crippen LogP contribution is -2.58. The number of hydrogen-bond acceptors (Lipinski definition) is 5. The van der Waals surface area contributed by atoms with Crippen molar-refractivity contribution in [2.24, 2.45) is 11.3 Å². The number of hydrogen-bond donors (Lipinski definition) is 1. The maximum atomic E-state index is 13.7. The predicted octanol–water partition coefficient (Wildman–Crippen LogP) is 5.26. The summed E-state index contributed by atoms with van der Waals surface area (Å²) in [6.45, 7) is 6.24. The first-order chi connectivity index (χ1) is 18.9. The summed E-state index contributed by atoms with van der Waals surface area (Å²) in [5.41, 5.74) is 6.68. The van der Waals surface area contributed by atoms with Crippen LogP contribution in [0.15, 0.2) is 72.6 Å². The zero-order chi connectivity index (χ0) is 27.0. The number of benzene rings is 2. The van der Waals surface area contributed by atoms with Crippen LogP contribution in [0.3, 0.4) is 0 Å². The van der Waals surface area contributed by atoms with E-state index in [1.807, 2.05) is 19.1 Å². The summed E-state index contributed by atoms with van der Waals surface area (Å²) in [7, 11) is 2.17. The molecular weight excluding hydrogens is 493 g/mol. The molecule has 1 spiro atoms. The van der Waals surface area contributed by atoms with Crippen molar-refractivity contribution in [2.75, 3.05) is 40.0 Å². The maximum absolute atomic E-state index is 13.7. The normalized spacial score (nSPS) is 19.0. The van der Waals surface area contributed by atoms with Crippen molar-refractivity contribution in [1.82, 2.24) is 15.2 Å². The van der Waals surface area contributed by atoms with Crippen LogP contribution in [0.1, 0.15) is 52.9 Å². The molecule has 1 aliphatic carbocycles. The van der Waals surface area contributed by atoms with E-state index in [4.69, 9.17) is 9.47 Å². The monoisotopic (exact) mass is 527 g/mol. The minimum absolute atomic E-state index is 0.192. The van der Waals surface area contributed by atoms with Gasteiger partial charge in [0.2, 0.25) is 0 Å². The van der Waals surface area contributed by atoms with E-state index in [0.717, 1.165) is 42.6 Å². The van der Waals surface area contributed by atoms with E-state index in [0.29, 0.717) is 42.5 Å². The second kappa shape index (κ2) is 10.5. The largest absolute Gasteiger partial charge is 0.491 e. The number of amides is 1. The van der Waals surface area contributed by atoms with Crippen LogP contribution in [-0.4, -0.2) is 55.7 Å². The van der Waals surface area contributed by atoms with Crippen LogP contribution >= 0.6 is 0 Å². The number of pyridine rings is 1.